The monoisotopic (exact) mass is 428 g/mol. The van der Waals surface area contributed by atoms with E-state index >= 15 is 0 Å². The number of aromatic nitrogens is 1. The van der Waals surface area contributed by atoms with Gasteiger partial charge in [0.05, 0.1) is 17.7 Å². The van der Waals surface area contributed by atoms with Gasteiger partial charge in [0.15, 0.2) is 0 Å². The third-order valence-electron chi connectivity index (χ3n) is 4.53. The minimum atomic E-state index is -4.63. The number of nitrogens with zero attached hydrogens (tertiary/aromatic N) is 1. The summed E-state index contributed by atoms with van der Waals surface area (Å²) in [6, 6.07) is 1.44. The summed E-state index contributed by atoms with van der Waals surface area (Å²) in [5.74, 6) is -1.24. The summed E-state index contributed by atoms with van der Waals surface area (Å²) >= 11 is 1.27. The van der Waals surface area contributed by atoms with Crippen molar-refractivity contribution in [2.75, 3.05) is 11.9 Å². The first-order valence-electron chi connectivity index (χ1n) is 9.10. The number of carbonyl (C=O) groups excluding carboxylic acids is 2. The van der Waals surface area contributed by atoms with E-state index in [1.165, 1.54) is 11.3 Å². The fraction of sp³-hybridized carbons (Fsp3) is 0.421. The molecule has 2 aromatic heterocycles. The number of fused-ring (bicyclic) bond motifs is 1. The molecule has 0 bridgehead atoms. The Hall–Kier alpha value is -2.62. The molecule has 0 unspecified atom stereocenters. The van der Waals surface area contributed by atoms with Gasteiger partial charge >= 0.3 is 12.1 Å². The predicted molar refractivity (Wildman–Crippen MR) is 101 cm³/mol. The van der Waals surface area contributed by atoms with Crippen LogP contribution in [0.15, 0.2) is 23.1 Å². The van der Waals surface area contributed by atoms with Crippen LogP contribution in [-0.2, 0) is 35.1 Å². The van der Waals surface area contributed by atoms with Gasteiger partial charge in [0.1, 0.15) is 11.5 Å². The van der Waals surface area contributed by atoms with Crippen molar-refractivity contribution in [3.05, 3.63) is 50.3 Å². The number of anilines is 1. The maximum absolute atomic E-state index is 12.9. The van der Waals surface area contributed by atoms with Gasteiger partial charge in [0.25, 0.3) is 5.56 Å². The van der Waals surface area contributed by atoms with Gasteiger partial charge in [0.2, 0.25) is 5.91 Å². The highest BCUT2D eigenvalue weighted by Crippen LogP contribution is 2.38. The number of rotatable bonds is 5. The van der Waals surface area contributed by atoms with E-state index in [9.17, 15) is 27.6 Å². The number of carbonyl (C=O) groups is 2. The first kappa shape index (κ1) is 21.1. The average Bonchev–Trinajstić information content (AvgIpc) is 3.00. The van der Waals surface area contributed by atoms with Gasteiger partial charge in [-0.05, 0) is 44.2 Å². The second-order valence-corrected chi connectivity index (χ2v) is 7.67. The van der Waals surface area contributed by atoms with Crippen molar-refractivity contribution >= 4 is 28.2 Å². The zero-order valence-electron chi connectivity index (χ0n) is 15.6. The van der Waals surface area contributed by atoms with Crippen molar-refractivity contribution in [2.45, 2.75) is 45.3 Å². The Morgan fingerprint density at radius 3 is 2.66 bits per heavy atom. The van der Waals surface area contributed by atoms with E-state index in [1.807, 2.05) is 0 Å². The number of esters is 1. The molecule has 1 amide bonds. The third-order valence-corrected chi connectivity index (χ3v) is 5.74. The van der Waals surface area contributed by atoms with Crippen LogP contribution < -0.4 is 10.9 Å². The molecule has 1 N–H and O–H groups in total. The van der Waals surface area contributed by atoms with E-state index in [4.69, 9.17) is 4.74 Å². The summed E-state index contributed by atoms with van der Waals surface area (Å²) in [5, 5.41) is 2.88. The third kappa shape index (κ3) is 4.69. The fourth-order valence-corrected chi connectivity index (χ4v) is 4.51. The molecule has 0 saturated carbocycles. The van der Waals surface area contributed by atoms with Gasteiger partial charge < -0.3 is 14.6 Å². The zero-order valence-corrected chi connectivity index (χ0v) is 16.4. The van der Waals surface area contributed by atoms with Crippen LogP contribution in [-0.4, -0.2) is 23.1 Å². The number of nitrogens with one attached hydrogen (secondary N) is 1. The predicted octanol–water partition coefficient (Wildman–Crippen LogP) is 3.62. The van der Waals surface area contributed by atoms with Crippen LogP contribution in [0.1, 0.15) is 46.1 Å². The molecule has 0 aromatic carbocycles. The van der Waals surface area contributed by atoms with Crippen LogP contribution >= 0.6 is 11.3 Å². The van der Waals surface area contributed by atoms with E-state index in [1.54, 1.807) is 6.92 Å². The van der Waals surface area contributed by atoms with E-state index in [0.29, 0.717) is 33.8 Å². The van der Waals surface area contributed by atoms with Gasteiger partial charge in [-0.1, -0.05) is 0 Å². The lowest BCUT2D eigenvalue weighted by Gasteiger charge is -2.13. The molecule has 1 aliphatic carbocycles. The molecule has 6 nitrogen and oxygen atoms in total. The summed E-state index contributed by atoms with van der Waals surface area (Å²) in [6.45, 7) is 1.25. The van der Waals surface area contributed by atoms with Crippen LogP contribution in [0.2, 0.25) is 0 Å². The number of alkyl halides is 3. The van der Waals surface area contributed by atoms with Crippen LogP contribution in [0.5, 0.6) is 0 Å². The minimum absolute atomic E-state index is 0.177. The van der Waals surface area contributed by atoms with Gasteiger partial charge in [-0.15, -0.1) is 11.3 Å². The topological polar surface area (TPSA) is 77.4 Å². The van der Waals surface area contributed by atoms with Crippen LogP contribution in [0.25, 0.3) is 0 Å². The molecule has 2 heterocycles. The zero-order chi connectivity index (χ0) is 21.2. The van der Waals surface area contributed by atoms with Crippen LogP contribution in [0, 0.1) is 0 Å². The molecule has 3 rings (SSSR count). The average molecular weight is 428 g/mol. The first-order valence-corrected chi connectivity index (χ1v) is 9.91. The summed E-state index contributed by atoms with van der Waals surface area (Å²) in [5.41, 5.74) is -0.601. The lowest BCUT2D eigenvalue weighted by atomic mass is 9.95. The smallest absolute Gasteiger partial charge is 0.417 e. The second kappa shape index (κ2) is 8.40. The number of hydrogen-bond acceptors (Lipinski definition) is 5. The van der Waals surface area contributed by atoms with Crippen molar-refractivity contribution < 1.29 is 27.5 Å². The maximum Gasteiger partial charge on any atom is 0.417 e. The Morgan fingerprint density at radius 2 is 1.97 bits per heavy atom. The highest BCUT2D eigenvalue weighted by Gasteiger charge is 2.31. The van der Waals surface area contributed by atoms with Crippen molar-refractivity contribution in [2.24, 2.45) is 0 Å². The molecule has 156 valence electrons. The number of ether oxygens (including phenoxy) is 1. The van der Waals surface area contributed by atoms with E-state index in [-0.39, 0.29) is 6.61 Å². The van der Waals surface area contributed by atoms with Gasteiger partial charge in [-0.3, -0.25) is 9.59 Å². The SMILES string of the molecule is CCOC(=O)c1c(NC(=O)Cn2cc(C(F)(F)F)ccc2=O)sc2c1CCCC2. The van der Waals surface area contributed by atoms with Crippen molar-refractivity contribution in [1.29, 1.82) is 0 Å². The molecule has 29 heavy (non-hydrogen) atoms. The maximum atomic E-state index is 12.9. The number of pyridine rings is 1. The quantitative estimate of drug-likeness (QED) is 0.738. The van der Waals surface area contributed by atoms with Gasteiger partial charge in [-0.2, -0.15) is 13.2 Å². The standard InChI is InChI=1S/C19H19F3N2O4S/c1-2-28-18(27)16-12-5-3-4-6-13(12)29-17(16)23-14(25)10-24-9-11(19(20,21)22)7-8-15(24)26/h7-9H,2-6,10H2,1H3,(H,23,25). The lowest BCUT2D eigenvalue weighted by Crippen LogP contribution is -2.28. The Balaban J connectivity index is 1.85. The molecule has 0 aliphatic heterocycles. The number of amides is 1. The summed E-state index contributed by atoms with van der Waals surface area (Å²) < 4.78 is 44.4. The van der Waals surface area contributed by atoms with Crippen molar-refractivity contribution in [1.82, 2.24) is 4.57 Å². The Kier molecular flexibility index (Phi) is 6.11. The minimum Gasteiger partial charge on any atom is -0.462 e. The Bertz CT molecular complexity index is 994. The number of halogens is 3. The van der Waals surface area contributed by atoms with E-state index in [2.05, 4.69) is 5.32 Å². The molecular weight excluding hydrogens is 409 g/mol. The first-order chi connectivity index (χ1) is 13.7. The molecule has 0 spiro atoms. The fourth-order valence-electron chi connectivity index (χ4n) is 3.22. The molecular formula is C19H19F3N2O4S. The summed E-state index contributed by atoms with van der Waals surface area (Å²) in [7, 11) is 0. The molecule has 0 atom stereocenters. The van der Waals surface area contributed by atoms with Crippen molar-refractivity contribution in [3.8, 4) is 0 Å². The second-order valence-electron chi connectivity index (χ2n) is 6.57. The molecule has 0 saturated heterocycles. The lowest BCUT2D eigenvalue weighted by molar-refractivity contribution is -0.138. The van der Waals surface area contributed by atoms with E-state index < -0.39 is 35.7 Å². The van der Waals surface area contributed by atoms with E-state index in [0.717, 1.165) is 35.8 Å². The number of thiophene rings is 1. The number of hydrogen-bond donors (Lipinski definition) is 1. The summed E-state index contributed by atoms with van der Waals surface area (Å²) in [6.07, 6.45) is -0.645. The highest BCUT2D eigenvalue weighted by atomic mass is 32.1. The van der Waals surface area contributed by atoms with Gasteiger partial charge in [0, 0.05) is 17.1 Å². The van der Waals surface area contributed by atoms with Crippen molar-refractivity contribution in [3.63, 3.8) is 0 Å². The normalized spacial score (nSPS) is 13.7. The van der Waals surface area contributed by atoms with Gasteiger partial charge in [-0.25, -0.2) is 4.79 Å². The Labute approximate surface area is 168 Å². The highest BCUT2D eigenvalue weighted by molar-refractivity contribution is 7.17. The molecule has 1 aliphatic rings. The molecule has 2 aromatic rings. The Morgan fingerprint density at radius 1 is 1.24 bits per heavy atom. The van der Waals surface area contributed by atoms with Crippen LogP contribution in [0.3, 0.4) is 0 Å². The number of aryl methyl sites for hydroxylation is 1. The van der Waals surface area contributed by atoms with Crippen LogP contribution in [0.4, 0.5) is 18.2 Å². The molecule has 0 radical (unpaired) electrons. The largest absolute Gasteiger partial charge is 0.462 e. The summed E-state index contributed by atoms with van der Waals surface area (Å²) in [4.78, 5) is 37.7. The molecule has 10 heteroatoms. The molecule has 0 fully saturated rings.